The highest BCUT2D eigenvalue weighted by atomic mass is 35.5. The number of aryl methyl sites for hydroxylation is 1. The molecule has 2 amide bonds. The van der Waals surface area contributed by atoms with Crippen LogP contribution in [0.4, 0.5) is 10.1 Å². The van der Waals surface area contributed by atoms with Crippen molar-refractivity contribution in [2.75, 3.05) is 23.9 Å². The van der Waals surface area contributed by atoms with E-state index in [2.05, 4.69) is 5.32 Å². The molecule has 0 aliphatic heterocycles. The highest BCUT2D eigenvalue weighted by Crippen LogP contribution is 2.19. The third-order valence-corrected chi connectivity index (χ3v) is 4.92. The zero-order valence-corrected chi connectivity index (χ0v) is 16.5. The molecule has 2 rings (SSSR count). The number of hydrogen-bond donors (Lipinski definition) is 1. The molecule has 0 spiro atoms. The third kappa shape index (κ3) is 5.54. The molecule has 0 atom stereocenters. The summed E-state index contributed by atoms with van der Waals surface area (Å²) in [7, 11) is 0. The van der Waals surface area contributed by atoms with Crippen LogP contribution in [0.5, 0.6) is 0 Å². The molecule has 0 saturated heterocycles. The molecule has 6 heteroatoms. The second-order valence-electron chi connectivity index (χ2n) is 7.07. The molecular weight excluding hydrogens is 367 g/mol. The van der Waals surface area contributed by atoms with E-state index in [-0.39, 0.29) is 36.6 Å². The molecule has 0 saturated carbocycles. The molecule has 0 aromatic heterocycles. The van der Waals surface area contributed by atoms with Crippen LogP contribution in [0.15, 0.2) is 48.5 Å². The molecule has 2 aromatic rings. The van der Waals surface area contributed by atoms with Crippen molar-refractivity contribution in [3.05, 3.63) is 65.5 Å². The smallest absolute Gasteiger partial charge is 0.258 e. The number of alkyl halides is 1. The minimum atomic E-state index is -0.691. The summed E-state index contributed by atoms with van der Waals surface area (Å²) in [5.74, 6) is -0.576. The Kier molecular flexibility index (Phi) is 6.97. The lowest BCUT2D eigenvalue weighted by Crippen LogP contribution is -2.43. The van der Waals surface area contributed by atoms with Gasteiger partial charge in [0.2, 0.25) is 5.91 Å². The maximum absolute atomic E-state index is 13.3. The minimum Gasteiger partial charge on any atom is -0.354 e. The van der Waals surface area contributed by atoms with E-state index in [1.807, 2.05) is 19.1 Å². The summed E-state index contributed by atoms with van der Waals surface area (Å²) in [5, 5.41) is 2.81. The predicted octanol–water partition coefficient (Wildman–Crippen LogP) is 4.16. The number of rotatable bonds is 7. The quantitative estimate of drug-likeness (QED) is 0.721. The summed E-state index contributed by atoms with van der Waals surface area (Å²) in [5.41, 5.74) is 1.45. The second kappa shape index (κ2) is 9.00. The Labute approximate surface area is 164 Å². The van der Waals surface area contributed by atoms with Gasteiger partial charge in [-0.3, -0.25) is 9.59 Å². The summed E-state index contributed by atoms with van der Waals surface area (Å²) in [6.45, 7) is 5.96. The molecule has 0 fully saturated rings. The Balaban J connectivity index is 2.17. The number of amides is 2. The van der Waals surface area contributed by atoms with E-state index in [0.717, 1.165) is 5.56 Å². The Bertz CT molecular complexity index is 789. The molecular formula is C21H24ClFN2O2. The Morgan fingerprint density at radius 3 is 2.22 bits per heavy atom. The fourth-order valence-electron chi connectivity index (χ4n) is 2.40. The first-order valence-corrected chi connectivity index (χ1v) is 9.26. The Morgan fingerprint density at radius 2 is 1.67 bits per heavy atom. The molecule has 0 aliphatic rings. The summed E-state index contributed by atoms with van der Waals surface area (Å²) < 4.78 is 13.3. The van der Waals surface area contributed by atoms with Gasteiger partial charge in [-0.2, -0.15) is 0 Å². The van der Waals surface area contributed by atoms with Crippen molar-refractivity contribution in [2.24, 2.45) is 5.41 Å². The maximum atomic E-state index is 13.3. The van der Waals surface area contributed by atoms with Crippen LogP contribution in [0.2, 0.25) is 0 Å². The average molecular weight is 391 g/mol. The molecule has 2 aromatic carbocycles. The topological polar surface area (TPSA) is 49.4 Å². The monoisotopic (exact) mass is 390 g/mol. The largest absolute Gasteiger partial charge is 0.354 e. The lowest BCUT2D eigenvalue weighted by atomic mass is 9.95. The van der Waals surface area contributed by atoms with Crippen LogP contribution in [0.1, 0.15) is 29.8 Å². The fraction of sp³-hybridized carbons (Fsp3) is 0.333. The number of nitrogens with zero attached hydrogens (tertiary/aromatic N) is 1. The highest BCUT2D eigenvalue weighted by molar-refractivity contribution is 6.19. The van der Waals surface area contributed by atoms with Crippen LogP contribution in [-0.2, 0) is 4.79 Å². The number of hydrogen-bond acceptors (Lipinski definition) is 2. The van der Waals surface area contributed by atoms with Crippen molar-refractivity contribution in [3.8, 4) is 0 Å². The zero-order chi connectivity index (χ0) is 20.0. The van der Waals surface area contributed by atoms with Crippen molar-refractivity contribution < 1.29 is 14.0 Å². The van der Waals surface area contributed by atoms with E-state index in [4.69, 9.17) is 11.6 Å². The summed E-state index contributed by atoms with van der Waals surface area (Å²) >= 11 is 5.82. The third-order valence-electron chi connectivity index (χ3n) is 4.25. The summed E-state index contributed by atoms with van der Waals surface area (Å²) in [6.07, 6.45) is 0. The van der Waals surface area contributed by atoms with E-state index in [1.54, 1.807) is 38.1 Å². The number of halogens is 2. The molecule has 0 heterocycles. The van der Waals surface area contributed by atoms with Gasteiger partial charge in [-0.25, -0.2) is 4.39 Å². The van der Waals surface area contributed by atoms with E-state index < -0.39 is 5.41 Å². The maximum Gasteiger partial charge on any atom is 0.258 e. The first-order chi connectivity index (χ1) is 12.7. The van der Waals surface area contributed by atoms with Gasteiger partial charge in [0.15, 0.2) is 0 Å². The average Bonchev–Trinajstić information content (AvgIpc) is 2.66. The van der Waals surface area contributed by atoms with Gasteiger partial charge in [-0.05, 0) is 57.2 Å². The van der Waals surface area contributed by atoms with Gasteiger partial charge in [-0.15, -0.1) is 11.6 Å². The molecule has 0 unspecified atom stereocenters. The van der Waals surface area contributed by atoms with Crippen molar-refractivity contribution in [2.45, 2.75) is 20.8 Å². The molecule has 27 heavy (non-hydrogen) atoms. The van der Waals surface area contributed by atoms with Gasteiger partial charge in [0.05, 0.1) is 5.41 Å². The predicted molar refractivity (Wildman–Crippen MR) is 107 cm³/mol. The van der Waals surface area contributed by atoms with Crippen LogP contribution >= 0.6 is 11.6 Å². The lowest BCUT2D eigenvalue weighted by Gasteiger charge is -2.25. The van der Waals surface area contributed by atoms with Gasteiger partial charge in [0, 0.05) is 30.2 Å². The first kappa shape index (κ1) is 20.9. The first-order valence-electron chi connectivity index (χ1n) is 8.73. The molecule has 1 N–H and O–H groups in total. The fourth-order valence-corrected chi connectivity index (χ4v) is 2.52. The summed E-state index contributed by atoms with van der Waals surface area (Å²) in [6, 6.07) is 12.9. The van der Waals surface area contributed by atoms with Gasteiger partial charge in [-0.1, -0.05) is 17.7 Å². The normalized spacial score (nSPS) is 11.1. The molecule has 0 bridgehead atoms. The van der Waals surface area contributed by atoms with Crippen molar-refractivity contribution >= 4 is 29.1 Å². The van der Waals surface area contributed by atoms with Crippen LogP contribution in [0, 0.1) is 18.2 Å². The van der Waals surface area contributed by atoms with Gasteiger partial charge in [0.25, 0.3) is 5.91 Å². The summed E-state index contributed by atoms with van der Waals surface area (Å²) in [4.78, 5) is 26.7. The van der Waals surface area contributed by atoms with Crippen LogP contribution < -0.4 is 10.2 Å². The SMILES string of the molecule is Cc1ccc(C(=O)N(CCNC(=O)C(C)(C)CCl)c2ccc(F)cc2)cc1. The van der Waals surface area contributed by atoms with Crippen LogP contribution in [0.25, 0.3) is 0 Å². The number of carbonyl (C=O) groups is 2. The second-order valence-corrected chi connectivity index (χ2v) is 7.34. The zero-order valence-electron chi connectivity index (χ0n) is 15.8. The number of nitrogens with one attached hydrogen (secondary N) is 1. The standard InChI is InChI=1S/C21H24ClFN2O2/c1-15-4-6-16(7-5-15)19(26)25(18-10-8-17(23)9-11-18)13-12-24-20(27)21(2,3)14-22/h4-11H,12-14H2,1-3H3,(H,24,27). The molecule has 0 aliphatic carbocycles. The molecule has 4 nitrogen and oxygen atoms in total. The van der Waals surface area contributed by atoms with E-state index in [1.165, 1.54) is 17.0 Å². The van der Waals surface area contributed by atoms with Gasteiger partial charge >= 0.3 is 0 Å². The van der Waals surface area contributed by atoms with Crippen molar-refractivity contribution in [3.63, 3.8) is 0 Å². The van der Waals surface area contributed by atoms with Gasteiger partial charge in [0.1, 0.15) is 5.82 Å². The van der Waals surface area contributed by atoms with E-state index in [0.29, 0.717) is 11.3 Å². The highest BCUT2D eigenvalue weighted by Gasteiger charge is 2.26. The van der Waals surface area contributed by atoms with Crippen molar-refractivity contribution in [1.82, 2.24) is 5.32 Å². The minimum absolute atomic E-state index is 0.181. The number of benzene rings is 2. The van der Waals surface area contributed by atoms with Crippen molar-refractivity contribution in [1.29, 1.82) is 0 Å². The van der Waals surface area contributed by atoms with Gasteiger partial charge < -0.3 is 10.2 Å². The van der Waals surface area contributed by atoms with E-state index in [9.17, 15) is 14.0 Å². The number of carbonyl (C=O) groups excluding carboxylic acids is 2. The van der Waals surface area contributed by atoms with Crippen LogP contribution in [0.3, 0.4) is 0 Å². The lowest BCUT2D eigenvalue weighted by molar-refractivity contribution is -0.128. The molecule has 0 radical (unpaired) electrons. The van der Waals surface area contributed by atoms with Crippen LogP contribution in [-0.4, -0.2) is 30.8 Å². The Hall–Kier alpha value is -2.40. The molecule has 144 valence electrons. The Morgan fingerprint density at radius 1 is 1.07 bits per heavy atom. The van der Waals surface area contributed by atoms with E-state index >= 15 is 0 Å². The number of anilines is 1.